The lowest BCUT2D eigenvalue weighted by atomic mass is 10.1. The molecule has 6 nitrogen and oxygen atoms in total. The maximum Gasteiger partial charge on any atom is 0.249 e. The van der Waals surface area contributed by atoms with E-state index in [0.717, 1.165) is 32.6 Å². The highest BCUT2D eigenvalue weighted by Crippen LogP contribution is 2.38. The summed E-state index contributed by atoms with van der Waals surface area (Å²) < 4.78 is 6.16. The molecule has 4 rings (SSSR count). The van der Waals surface area contributed by atoms with Gasteiger partial charge in [-0.25, -0.2) is 9.97 Å². The van der Waals surface area contributed by atoms with Crippen LogP contribution in [0.15, 0.2) is 66.9 Å². The number of carbonyl (C=O) groups is 1. The number of aromatic nitrogens is 2. The fraction of sp³-hybridized carbons (Fsp3) is 0.0870. The number of nitrogens with two attached hydrogens (primary N) is 1. The highest BCUT2D eigenvalue weighted by Gasteiger charge is 2.14. The summed E-state index contributed by atoms with van der Waals surface area (Å²) in [5.41, 5.74) is 9.26. The van der Waals surface area contributed by atoms with Crippen molar-refractivity contribution in [3.63, 3.8) is 0 Å². The van der Waals surface area contributed by atoms with Crippen molar-refractivity contribution in [2.24, 2.45) is 5.73 Å². The molecule has 0 atom stereocenters. The molecule has 1 amide bonds. The lowest BCUT2D eigenvalue weighted by Crippen LogP contribution is -2.13. The minimum absolute atomic E-state index is 0.463. The Hall–Kier alpha value is -3.71. The van der Waals surface area contributed by atoms with Crippen molar-refractivity contribution in [2.75, 3.05) is 5.32 Å². The number of amides is 1. The van der Waals surface area contributed by atoms with Crippen LogP contribution in [0, 0.1) is 13.8 Å². The number of nitrogens with zero attached hydrogens (tertiary/aromatic N) is 2. The first kappa shape index (κ1) is 19.6. The Morgan fingerprint density at radius 2 is 1.87 bits per heavy atom. The summed E-state index contributed by atoms with van der Waals surface area (Å²) in [6.45, 7) is 3.80. The van der Waals surface area contributed by atoms with Gasteiger partial charge in [-0.2, -0.15) is 0 Å². The van der Waals surface area contributed by atoms with Gasteiger partial charge < -0.3 is 15.8 Å². The number of anilines is 2. The first-order valence-corrected chi connectivity index (χ1v) is 10.2. The molecule has 0 radical (unpaired) electrons. The molecule has 2 aromatic heterocycles. The van der Waals surface area contributed by atoms with Gasteiger partial charge in [-0.05, 0) is 37.6 Å². The molecule has 0 spiro atoms. The van der Waals surface area contributed by atoms with Crippen molar-refractivity contribution >= 4 is 28.7 Å². The second-order valence-electron chi connectivity index (χ2n) is 6.68. The van der Waals surface area contributed by atoms with Crippen LogP contribution in [0.25, 0.3) is 11.3 Å². The van der Waals surface area contributed by atoms with E-state index in [1.165, 1.54) is 11.3 Å². The zero-order valence-electron chi connectivity index (χ0n) is 16.5. The number of aryl methyl sites for hydroxylation is 1. The molecular formula is C23H20N4O2S. The fourth-order valence-electron chi connectivity index (χ4n) is 3.08. The van der Waals surface area contributed by atoms with Crippen LogP contribution in [0.1, 0.15) is 20.9 Å². The highest BCUT2D eigenvalue weighted by atomic mass is 32.1. The Kier molecular flexibility index (Phi) is 5.45. The smallest absolute Gasteiger partial charge is 0.249 e. The SMILES string of the molecule is Cc1nc(-c2ccccc2)c(Oc2ccnc(Nc3cccc(C(N)=O)c3C)c2)s1. The van der Waals surface area contributed by atoms with E-state index in [1.54, 1.807) is 30.5 Å². The molecule has 0 bridgehead atoms. The van der Waals surface area contributed by atoms with E-state index in [0.29, 0.717) is 17.1 Å². The molecule has 2 heterocycles. The number of pyridine rings is 1. The van der Waals surface area contributed by atoms with Crippen LogP contribution >= 0.6 is 11.3 Å². The highest BCUT2D eigenvalue weighted by molar-refractivity contribution is 7.13. The van der Waals surface area contributed by atoms with E-state index in [9.17, 15) is 4.79 Å². The first-order valence-electron chi connectivity index (χ1n) is 9.34. The third-order valence-electron chi connectivity index (χ3n) is 4.55. The fourth-order valence-corrected chi connectivity index (χ4v) is 3.89. The zero-order valence-corrected chi connectivity index (χ0v) is 17.4. The third kappa shape index (κ3) is 4.16. The van der Waals surface area contributed by atoms with E-state index >= 15 is 0 Å². The van der Waals surface area contributed by atoms with Gasteiger partial charge in [-0.1, -0.05) is 47.7 Å². The number of carbonyl (C=O) groups excluding carboxylic acids is 1. The summed E-state index contributed by atoms with van der Waals surface area (Å²) in [5.74, 6) is 0.770. The second-order valence-corrected chi connectivity index (χ2v) is 7.85. The van der Waals surface area contributed by atoms with E-state index in [4.69, 9.17) is 10.5 Å². The van der Waals surface area contributed by atoms with Gasteiger partial charge in [0.2, 0.25) is 11.0 Å². The van der Waals surface area contributed by atoms with Gasteiger partial charge in [-0.3, -0.25) is 4.79 Å². The molecule has 0 unspecified atom stereocenters. The molecule has 7 heteroatoms. The van der Waals surface area contributed by atoms with Crippen molar-refractivity contribution in [3.8, 4) is 22.1 Å². The number of thiazole rings is 1. The van der Waals surface area contributed by atoms with Crippen molar-refractivity contribution in [2.45, 2.75) is 13.8 Å². The Balaban J connectivity index is 1.60. The summed E-state index contributed by atoms with van der Waals surface area (Å²) in [5, 5.41) is 4.88. The Bertz CT molecular complexity index is 1210. The standard InChI is InChI=1S/C23H20N4O2S/c1-14-18(22(24)28)9-6-10-19(14)27-20-13-17(11-12-25-20)29-23-21(26-15(2)30-23)16-7-4-3-5-8-16/h3-13H,1-2H3,(H2,24,28)(H,25,27). The number of primary amides is 1. The van der Waals surface area contributed by atoms with Crippen molar-refractivity contribution in [1.29, 1.82) is 0 Å². The van der Waals surface area contributed by atoms with E-state index in [1.807, 2.05) is 50.2 Å². The lowest BCUT2D eigenvalue weighted by Gasteiger charge is -2.12. The normalized spacial score (nSPS) is 10.6. The Labute approximate surface area is 178 Å². The number of hydrogen-bond donors (Lipinski definition) is 2. The average molecular weight is 417 g/mol. The van der Waals surface area contributed by atoms with Gasteiger partial charge in [0.1, 0.15) is 17.3 Å². The molecule has 4 aromatic rings. The quantitative estimate of drug-likeness (QED) is 0.436. The monoisotopic (exact) mass is 416 g/mol. The number of ether oxygens (including phenoxy) is 1. The van der Waals surface area contributed by atoms with Crippen LogP contribution in [0.4, 0.5) is 11.5 Å². The minimum atomic E-state index is -0.463. The molecule has 0 aliphatic heterocycles. The molecule has 0 saturated heterocycles. The van der Waals surface area contributed by atoms with Gasteiger partial charge in [0.25, 0.3) is 0 Å². The summed E-state index contributed by atoms with van der Waals surface area (Å²) in [7, 11) is 0. The van der Waals surface area contributed by atoms with Crippen LogP contribution in [-0.4, -0.2) is 15.9 Å². The molecule has 0 aliphatic carbocycles. The largest absolute Gasteiger partial charge is 0.444 e. The van der Waals surface area contributed by atoms with Gasteiger partial charge >= 0.3 is 0 Å². The molecule has 150 valence electrons. The molecular weight excluding hydrogens is 396 g/mol. The lowest BCUT2D eigenvalue weighted by molar-refractivity contribution is 0.0999. The van der Waals surface area contributed by atoms with Gasteiger partial charge in [0.05, 0.1) is 5.01 Å². The topological polar surface area (TPSA) is 90.1 Å². The van der Waals surface area contributed by atoms with Crippen molar-refractivity contribution < 1.29 is 9.53 Å². The third-order valence-corrected chi connectivity index (χ3v) is 5.40. The second kappa shape index (κ2) is 8.34. The molecule has 0 aliphatic rings. The van der Waals surface area contributed by atoms with E-state index < -0.39 is 5.91 Å². The maximum atomic E-state index is 11.6. The van der Waals surface area contributed by atoms with Crippen molar-refractivity contribution in [1.82, 2.24) is 9.97 Å². The maximum absolute atomic E-state index is 11.6. The first-order chi connectivity index (χ1) is 14.5. The predicted octanol–water partition coefficient (Wildman–Crippen LogP) is 5.46. The van der Waals surface area contributed by atoms with Gasteiger partial charge in [-0.15, -0.1) is 0 Å². The average Bonchev–Trinajstić information content (AvgIpc) is 3.10. The molecule has 2 aromatic carbocycles. The molecule has 30 heavy (non-hydrogen) atoms. The number of hydrogen-bond acceptors (Lipinski definition) is 6. The summed E-state index contributed by atoms with van der Waals surface area (Å²) in [6.07, 6.45) is 1.67. The van der Waals surface area contributed by atoms with Gasteiger partial charge in [0, 0.05) is 29.1 Å². The van der Waals surface area contributed by atoms with Crippen LogP contribution in [0.3, 0.4) is 0 Å². The number of rotatable bonds is 6. The zero-order chi connectivity index (χ0) is 21.1. The summed E-state index contributed by atoms with van der Waals surface area (Å²) in [6, 6.07) is 18.9. The van der Waals surface area contributed by atoms with E-state index in [-0.39, 0.29) is 0 Å². The van der Waals surface area contributed by atoms with Crippen LogP contribution in [0.2, 0.25) is 0 Å². The Morgan fingerprint density at radius 1 is 1.07 bits per heavy atom. The van der Waals surface area contributed by atoms with Crippen LogP contribution in [-0.2, 0) is 0 Å². The number of benzene rings is 2. The Morgan fingerprint density at radius 3 is 2.63 bits per heavy atom. The minimum Gasteiger partial charge on any atom is -0.444 e. The molecule has 0 fully saturated rings. The van der Waals surface area contributed by atoms with Crippen molar-refractivity contribution in [3.05, 3.63) is 83.0 Å². The van der Waals surface area contributed by atoms with Gasteiger partial charge in [0.15, 0.2) is 0 Å². The molecule has 3 N–H and O–H groups in total. The predicted molar refractivity (Wildman–Crippen MR) is 120 cm³/mol. The number of nitrogens with one attached hydrogen (secondary N) is 1. The van der Waals surface area contributed by atoms with Crippen LogP contribution in [0.5, 0.6) is 10.8 Å². The summed E-state index contributed by atoms with van der Waals surface area (Å²) in [4.78, 5) is 20.6. The van der Waals surface area contributed by atoms with Crippen LogP contribution < -0.4 is 15.8 Å². The molecule has 0 saturated carbocycles. The summed E-state index contributed by atoms with van der Waals surface area (Å²) >= 11 is 1.50. The van der Waals surface area contributed by atoms with E-state index in [2.05, 4.69) is 15.3 Å².